The molecule has 0 N–H and O–H groups in total. The molecule has 13 heavy (non-hydrogen) atoms. The zero-order valence-corrected chi connectivity index (χ0v) is 8.42. The normalized spacial score (nSPS) is 10.0. The smallest absolute Gasteiger partial charge is 0.222 e. The monoisotopic (exact) mass is 179 g/mol. The Kier molecular flexibility index (Phi) is 5.60. The standard InChI is InChI=1S/C11H17NO/c1-5-7-8-10(3)9-12(4)11(13)6-2/h5,7-8H,1,3,6,9H2,2,4H3/b8-7-. The molecule has 1 amide bonds. The topological polar surface area (TPSA) is 20.3 Å². The summed E-state index contributed by atoms with van der Waals surface area (Å²) in [6.07, 6.45) is 5.89. The Balaban J connectivity index is 3.98. The summed E-state index contributed by atoms with van der Waals surface area (Å²) in [6.45, 7) is 9.80. The van der Waals surface area contributed by atoms with Crippen molar-refractivity contribution in [3.05, 3.63) is 37.0 Å². The maximum atomic E-state index is 11.2. The van der Waals surface area contributed by atoms with Gasteiger partial charge in [-0.05, 0) is 5.57 Å². The number of hydrogen-bond acceptors (Lipinski definition) is 1. The van der Waals surface area contributed by atoms with Crippen molar-refractivity contribution in [2.45, 2.75) is 13.3 Å². The van der Waals surface area contributed by atoms with Crippen molar-refractivity contribution in [2.24, 2.45) is 0 Å². The minimum atomic E-state index is 0.133. The Morgan fingerprint density at radius 2 is 2.15 bits per heavy atom. The Morgan fingerprint density at radius 1 is 1.54 bits per heavy atom. The van der Waals surface area contributed by atoms with E-state index in [9.17, 15) is 4.79 Å². The molecule has 0 radical (unpaired) electrons. The fraction of sp³-hybridized carbons (Fsp3) is 0.364. The van der Waals surface area contributed by atoms with Gasteiger partial charge < -0.3 is 4.90 Å². The van der Waals surface area contributed by atoms with Crippen molar-refractivity contribution in [1.29, 1.82) is 0 Å². The maximum Gasteiger partial charge on any atom is 0.222 e. The minimum Gasteiger partial charge on any atom is -0.341 e. The molecule has 0 spiro atoms. The van der Waals surface area contributed by atoms with Gasteiger partial charge in [-0.15, -0.1) is 0 Å². The quantitative estimate of drug-likeness (QED) is 0.592. The van der Waals surface area contributed by atoms with Gasteiger partial charge in [0.05, 0.1) is 0 Å². The number of likely N-dealkylation sites (N-methyl/N-ethyl adjacent to an activating group) is 1. The second-order valence-corrected chi connectivity index (χ2v) is 2.86. The van der Waals surface area contributed by atoms with Gasteiger partial charge in [0, 0.05) is 20.0 Å². The van der Waals surface area contributed by atoms with E-state index in [1.165, 1.54) is 0 Å². The van der Waals surface area contributed by atoms with Crippen molar-refractivity contribution < 1.29 is 4.79 Å². The Bertz CT molecular complexity index is 228. The van der Waals surface area contributed by atoms with E-state index < -0.39 is 0 Å². The first-order valence-electron chi connectivity index (χ1n) is 4.32. The summed E-state index contributed by atoms with van der Waals surface area (Å²) < 4.78 is 0. The third-order valence-electron chi connectivity index (χ3n) is 1.64. The molecular formula is C11H17NO. The number of rotatable bonds is 5. The first-order chi connectivity index (χ1) is 6.11. The van der Waals surface area contributed by atoms with Crippen molar-refractivity contribution in [3.63, 3.8) is 0 Å². The van der Waals surface area contributed by atoms with Crippen LogP contribution < -0.4 is 0 Å². The third-order valence-corrected chi connectivity index (χ3v) is 1.64. The van der Waals surface area contributed by atoms with E-state index in [-0.39, 0.29) is 5.91 Å². The third kappa shape index (κ3) is 5.01. The molecule has 0 aromatic heterocycles. The Hall–Kier alpha value is -1.31. The summed E-state index contributed by atoms with van der Waals surface area (Å²) in [5.41, 5.74) is 0.907. The average Bonchev–Trinajstić information content (AvgIpc) is 2.13. The molecule has 2 nitrogen and oxygen atoms in total. The SMILES string of the molecule is C=C/C=C\C(=C)CN(C)C(=O)CC. The Morgan fingerprint density at radius 3 is 2.62 bits per heavy atom. The van der Waals surface area contributed by atoms with Gasteiger partial charge in [0.2, 0.25) is 5.91 Å². The second-order valence-electron chi connectivity index (χ2n) is 2.86. The molecular weight excluding hydrogens is 162 g/mol. The first kappa shape index (κ1) is 11.7. The van der Waals surface area contributed by atoms with Crippen LogP contribution in [0.4, 0.5) is 0 Å². The highest BCUT2D eigenvalue weighted by Crippen LogP contribution is 1.98. The molecule has 0 aromatic rings. The van der Waals surface area contributed by atoms with E-state index in [0.29, 0.717) is 13.0 Å². The molecule has 0 unspecified atom stereocenters. The summed E-state index contributed by atoms with van der Waals surface area (Å²) in [7, 11) is 1.78. The molecule has 2 heteroatoms. The molecule has 0 aliphatic rings. The Labute approximate surface area is 80.2 Å². The van der Waals surface area contributed by atoms with Gasteiger partial charge >= 0.3 is 0 Å². The lowest BCUT2D eigenvalue weighted by Gasteiger charge is -2.15. The van der Waals surface area contributed by atoms with Gasteiger partial charge in [0.15, 0.2) is 0 Å². The molecule has 0 aliphatic carbocycles. The highest BCUT2D eigenvalue weighted by molar-refractivity contribution is 5.75. The molecule has 72 valence electrons. The van der Waals surface area contributed by atoms with Crippen molar-refractivity contribution in [3.8, 4) is 0 Å². The summed E-state index contributed by atoms with van der Waals surface area (Å²) in [6, 6.07) is 0. The van der Waals surface area contributed by atoms with Gasteiger partial charge in [-0.2, -0.15) is 0 Å². The fourth-order valence-electron chi connectivity index (χ4n) is 0.920. The number of carbonyl (C=O) groups is 1. The van der Waals surface area contributed by atoms with Crippen LogP contribution in [0.5, 0.6) is 0 Å². The average molecular weight is 179 g/mol. The van der Waals surface area contributed by atoms with Gasteiger partial charge in [0.1, 0.15) is 0 Å². The van der Waals surface area contributed by atoms with E-state index in [1.54, 1.807) is 18.0 Å². The zero-order valence-electron chi connectivity index (χ0n) is 8.42. The van der Waals surface area contributed by atoms with Crippen molar-refractivity contribution >= 4 is 5.91 Å². The lowest BCUT2D eigenvalue weighted by molar-refractivity contribution is -0.129. The van der Waals surface area contributed by atoms with Gasteiger partial charge in [0.25, 0.3) is 0 Å². The van der Waals surface area contributed by atoms with E-state index in [1.807, 2.05) is 19.1 Å². The van der Waals surface area contributed by atoms with Crippen molar-refractivity contribution in [1.82, 2.24) is 4.90 Å². The predicted molar refractivity (Wildman–Crippen MR) is 56.4 cm³/mol. The van der Waals surface area contributed by atoms with E-state index >= 15 is 0 Å². The van der Waals surface area contributed by atoms with Crippen LogP contribution >= 0.6 is 0 Å². The van der Waals surface area contributed by atoms with Crippen LogP contribution in [0.15, 0.2) is 37.0 Å². The number of amides is 1. The molecule has 0 bridgehead atoms. The fourth-order valence-corrected chi connectivity index (χ4v) is 0.920. The van der Waals surface area contributed by atoms with E-state index in [2.05, 4.69) is 13.2 Å². The van der Waals surface area contributed by atoms with E-state index in [0.717, 1.165) is 5.57 Å². The minimum absolute atomic E-state index is 0.133. The second kappa shape index (κ2) is 6.23. The largest absolute Gasteiger partial charge is 0.341 e. The summed E-state index contributed by atoms with van der Waals surface area (Å²) in [5.74, 6) is 0.133. The molecule has 0 atom stereocenters. The summed E-state index contributed by atoms with van der Waals surface area (Å²) in [4.78, 5) is 12.8. The highest BCUT2D eigenvalue weighted by Gasteiger charge is 2.04. The number of allylic oxidation sites excluding steroid dienone is 2. The van der Waals surface area contributed by atoms with Gasteiger partial charge in [-0.25, -0.2) is 0 Å². The molecule has 0 saturated carbocycles. The summed E-state index contributed by atoms with van der Waals surface area (Å²) in [5, 5.41) is 0. The lowest BCUT2D eigenvalue weighted by Crippen LogP contribution is -2.27. The molecule has 0 rings (SSSR count). The van der Waals surface area contributed by atoms with Crippen LogP contribution in [0.1, 0.15) is 13.3 Å². The maximum absolute atomic E-state index is 11.2. The molecule has 0 aliphatic heterocycles. The lowest BCUT2D eigenvalue weighted by atomic mass is 10.2. The van der Waals surface area contributed by atoms with Crippen LogP contribution in [0.3, 0.4) is 0 Å². The molecule has 0 heterocycles. The zero-order chi connectivity index (χ0) is 10.3. The van der Waals surface area contributed by atoms with Crippen molar-refractivity contribution in [2.75, 3.05) is 13.6 Å². The number of carbonyl (C=O) groups excluding carboxylic acids is 1. The van der Waals surface area contributed by atoms with Crippen LogP contribution in [0.2, 0.25) is 0 Å². The van der Waals surface area contributed by atoms with Crippen LogP contribution in [0, 0.1) is 0 Å². The van der Waals surface area contributed by atoms with Crippen LogP contribution in [0.25, 0.3) is 0 Å². The van der Waals surface area contributed by atoms with E-state index in [4.69, 9.17) is 0 Å². The van der Waals surface area contributed by atoms with Crippen LogP contribution in [-0.2, 0) is 4.79 Å². The van der Waals surface area contributed by atoms with Crippen LogP contribution in [-0.4, -0.2) is 24.4 Å². The predicted octanol–water partition coefficient (Wildman–Crippen LogP) is 2.15. The molecule has 0 saturated heterocycles. The number of nitrogens with zero attached hydrogens (tertiary/aromatic N) is 1. The van der Waals surface area contributed by atoms with Gasteiger partial charge in [-0.3, -0.25) is 4.79 Å². The van der Waals surface area contributed by atoms with Gasteiger partial charge in [-0.1, -0.05) is 38.3 Å². The number of hydrogen-bond donors (Lipinski definition) is 0. The molecule has 0 aromatic carbocycles. The molecule has 0 fully saturated rings. The first-order valence-corrected chi connectivity index (χ1v) is 4.32. The summed E-state index contributed by atoms with van der Waals surface area (Å²) >= 11 is 0. The highest BCUT2D eigenvalue weighted by atomic mass is 16.2.